The quantitative estimate of drug-likeness (QED) is 0.485. The van der Waals surface area contributed by atoms with Crippen molar-refractivity contribution in [1.82, 2.24) is 4.98 Å². The minimum absolute atomic E-state index is 0.125. The molecule has 0 radical (unpaired) electrons. The summed E-state index contributed by atoms with van der Waals surface area (Å²) in [6.07, 6.45) is 0. The maximum atomic E-state index is 11.8. The third kappa shape index (κ3) is 2.78. The number of pyridine rings is 1. The normalized spacial score (nSPS) is 9.89. The summed E-state index contributed by atoms with van der Waals surface area (Å²) in [7, 11) is 1.48. The van der Waals surface area contributed by atoms with Gasteiger partial charge in [-0.3, -0.25) is 0 Å². The molecule has 0 bridgehead atoms. The van der Waals surface area contributed by atoms with E-state index in [-0.39, 0.29) is 10.8 Å². The van der Waals surface area contributed by atoms with E-state index in [9.17, 15) is 4.79 Å². The fourth-order valence-corrected chi connectivity index (χ4v) is 1.57. The van der Waals surface area contributed by atoms with E-state index in [1.165, 1.54) is 13.2 Å². The zero-order chi connectivity index (χ0) is 13.0. The molecule has 5 heteroatoms. The van der Waals surface area contributed by atoms with Gasteiger partial charge >= 0.3 is 5.97 Å². The van der Waals surface area contributed by atoms with Gasteiger partial charge in [0.1, 0.15) is 5.75 Å². The molecule has 92 valence electrons. The monoisotopic (exact) mass is 263 g/mol. The molecule has 0 aliphatic rings. The number of carbonyl (C=O) groups excluding carboxylic acids is 1. The van der Waals surface area contributed by atoms with Gasteiger partial charge < -0.3 is 9.47 Å². The Hall–Kier alpha value is -2.07. The molecule has 0 atom stereocenters. The van der Waals surface area contributed by atoms with Gasteiger partial charge in [0.05, 0.1) is 7.11 Å². The second-order valence-electron chi connectivity index (χ2n) is 3.39. The van der Waals surface area contributed by atoms with E-state index in [4.69, 9.17) is 21.1 Å². The Bertz CT molecular complexity index is 557. The number of rotatable bonds is 3. The van der Waals surface area contributed by atoms with Crippen LogP contribution in [0.25, 0.3) is 0 Å². The van der Waals surface area contributed by atoms with Gasteiger partial charge in [0, 0.05) is 0 Å². The molecule has 0 aliphatic carbocycles. The molecule has 1 aromatic carbocycles. The largest absolute Gasteiger partial charge is 0.494 e. The van der Waals surface area contributed by atoms with Crippen molar-refractivity contribution in [2.45, 2.75) is 0 Å². The van der Waals surface area contributed by atoms with Crippen molar-refractivity contribution >= 4 is 17.6 Å². The SMILES string of the molecule is COc1ccc(C(=O)Oc2ccccc2)nc1Cl. The highest BCUT2D eigenvalue weighted by Gasteiger charge is 2.12. The minimum atomic E-state index is -0.564. The van der Waals surface area contributed by atoms with Crippen molar-refractivity contribution in [3.63, 3.8) is 0 Å². The number of hydrogen-bond donors (Lipinski definition) is 0. The molecule has 2 aromatic rings. The first-order chi connectivity index (χ1) is 8.70. The second kappa shape index (κ2) is 5.51. The highest BCUT2D eigenvalue weighted by molar-refractivity contribution is 6.31. The molecule has 18 heavy (non-hydrogen) atoms. The zero-order valence-corrected chi connectivity index (χ0v) is 10.3. The first kappa shape index (κ1) is 12.4. The van der Waals surface area contributed by atoms with E-state index in [0.717, 1.165) is 0 Å². The standard InChI is InChI=1S/C13H10ClNO3/c1-17-11-8-7-10(15-12(11)14)13(16)18-9-5-3-2-4-6-9/h2-8H,1H3. The summed E-state index contributed by atoms with van der Waals surface area (Å²) in [6.45, 7) is 0. The fraction of sp³-hybridized carbons (Fsp3) is 0.0769. The van der Waals surface area contributed by atoms with E-state index in [1.54, 1.807) is 30.3 Å². The van der Waals surface area contributed by atoms with Gasteiger partial charge in [-0.1, -0.05) is 29.8 Å². The van der Waals surface area contributed by atoms with Crippen molar-refractivity contribution in [3.8, 4) is 11.5 Å². The van der Waals surface area contributed by atoms with Crippen LogP contribution >= 0.6 is 11.6 Å². The average molecular weight is 264 g/mol. The van der Waals surface area contributed by atoms with Crippen LogP contribution in [-0.2, 0) is 0 Å². The minimum Gasteiger partial charge on any atom is -0.494 e. The molecule has 0 aliphatic heterocycles. The molecule has 0 fully saturated rings. The lowest BCUT2D eigenvalue weighted by molar-refractivity contribution is 0.0728. The van der Waals surface area contributed by atoms with Gasteiger partial charge in [0.2, 0.25) is 0 Å². The van der Waals surface area contributed by atoms with Crippen molar-refractivity contribution in [2.24, 2.45) is 0 Å². The Morgan fingerprint density at radius 3 is 2.50 bits per heavy atom. The zero-order valence-electron chi connectivity index (χ0n) is 9.59. The molecular weight excluding hydrogens is 254 g/mol. The summed E-state index contributed by atoms with van der Waals surface area (Å²) in [6, 6.07) is 11.8. The number of carbonyl (C=O) groups is 1. The Kier molecular flexibility index (Phi) is 3.79. The molecule has 1 heterocycles. The number of benzene rings is 1. The summed E-state index contributed by atoms with van der Waals surface area (Å²) in [5, 5.41) is 0.125. The molecule has 0 amide bonds. The Balaban J connectivity index is 2.17. The van der Waals surface area contributed by atoms with Crippen LogP contribution in [0, 0.1) is 0 Å². The summed E-state index contributed by atoms with van der Waals surface area (Å²) in [5.74, 6) is 0.301. The van der Waals surface area contributed by atoms with Crippen LogP contribution in [0.1, 0.15) is 10.5 Å². The lowest BCUT2D eigenvalue weighted by atomic mass is 10.3. The maximum absolute atomic E-state index is 11.8. The van der Waals surface area contributed by atoms with Gasteiger partial charge in [-0.2, -0.15) is 0 Å². The third-order valence-corrected chi connectivity index (χ3v) is 2.47. The van der Waals surface area contributed by atoms with E-state index >= 15 is 0 Å². The highest BCUT2D eigenvalue weighted by atomic mass is 35.5. The van der Waals surface area contributed by atoms with Crippen molar-refractivity contribution in [2.75, 3.05) is 7.11 Å². The summed E-state index contributed by atoms with van der Waals surface area (Å²) < 4.78 is 10.1. The van der Waals surface area contributed by atoms with Crippen LogP contribution in [0.5, 0.6) is 11.5 Å². The topological polar surface area (TPSA) is 48.4 Å². The number of hydrogen-bond acceptors (Lipinski definition) is 4. The number of aromatic nitrogens is 1. The molecule has 4 nitrogen and oxygen atoms in total. The number of halogens is 1. The van der Waals surface area contributed by atoms with Crippen molar-refractivity contribution in [3.05, 3.63) is 53.3 Å². The van der Waals surface area contributed by atoms with Crippen molar-refractivity contribution < 1.29 is 14.3 Å². The molecule has 2 rings (SSSR count). The second-order valence-corrected chi connectivity index (χ2v) is 3.75. The summed E-state index contributed by atoms with van der Waals surface area (Å²) in [4.78, 5) is 15.7. The van der Waals surface area contributed by atoms with E-state index < -0.39 is 5.97 Å². The number of esters is 1. The first-order valence-electron chi connectivity index (χ1n) is 5.18. The van der Waals surface area contributed by atoms with E-state index in [2.05, 4.69) is 4.98 Å². The third-order valence-electron chi connectivity index (χ3n) is 2.20. The van der Waals surface area contributed by atoms with Crippen LogP contribution in [0.4, 0.5) is 0 Å². The smallest absolute Gasteiger partial charge is 0.362 e. The predicted molar refractivity (Wildman–Crippen MR) is 67.2 cm³/mol. The van der Waals surface area contributed by atoms with Gasteiger partial charge in [-0.25, -0.2) is 9.78 Å². The number of ether oxygens (including phenoxy) is 2. The molecule has 0 saturated carbocycles. The fourth-order valence-electron chi connectivity index (χ4n) is 1.34. The molecule has 1 aromatic heterocycles. The summed E-state index contributed by atoms with van der Waals surface area (Å²) >= 11 is 5.83. The summed E-state index contributed by atoms with van der Waals surface area (Å²) in [5.41, 5.74) is 0.129. The Morgan fingerprint density at radius 1 is 1.17 bits per heavy atom. The van der Waals surface area contributed by atoms with E-state index in [0.29, 0.717) is 11.5 Å². The van der Waals surface area contributed by atoms with E-state index in [1.807, 2.05) is 6.07 Å². The number of para-hydroxylation sites is 1. The highest BCUT2D eigenvalue weighted by Crippen LogP contribution is 2.22. The van der Waals surface area contributed by atoms with Crippen LogP contribution in [0.2, 0.25) is 5.15 Å². The number of methoxy groups -OCH3 is 1. The average Bonchev–Trinajstić information content (AvgIpc) is 2.39. The Morgan fingerprint density at radius 2 is 1.89 bits per heavy atom. The lowest BCUT2D eigenvalue weighted by Gasteiger charge is -2.05. The predicted octanol–water partition coefficient (Wildman–Crippen LogP) is 2.96. The molecule has 0 unspecified atom stereocenters. The van der Waals surface area contributed by atoms with Crippen LogP contribution in [0.3, 0.4) is 0 Å². The first-order valence-corrected chi connectivity index (χ1v) is 5.56. The van der Waals surface area contributed by atoms with Crippen LogP contribution < -0.4 is 9.47 Å². The molecular formula is C13H10ClNO3. The lowest BCUT2D eigenvalue weighted by Crippen LogP contribution is -2.10. The van der Waals surface area contributed by atoms with Gasteiger partial charge in [-0.05, 0) is 24.3 Å². The Labute approximate surface area is 109 Å². The molecule has 0 N–H and O–H groups in total. The maximum Gasteiger partial charge on any atom is 0.362 e. The molecule has 0 spiro atoms. The van der Waals surface area contributed by atoms with Crippen LogP contribution in [-0.4, -0.2) is 18.1 Å². The van der Waals surface area contributed by atoms with Crippen molar-refractivity contribution in [1.29, 1.82) is 0 Å². The van der Waals surface area contributed by atoms with Crippen LogP contribution in [0.15, 0.2) is 42.5 Å². The van der Waals surface area contributed by atoms with Gasteiger partial charge in [-0.15, -0.1) is 0 Å². The van der Waals surface area contributed by atoms with Gasteiger partial charge in [0.15, 0.2) is 16.6 Å². The van der Waals surface area contributed by atoms with Gasteiger partial charge in [0.25, 0.3) is 0 Å². The molecule has 0 saturated heterocycles. The number of nitrogens with zero attached hydrogens (tertiary/aromatic N) is 1.